The van der Waals surface area contributed by atoms with Crippen LogP contribution < -0.4 is 15.8 Å². The maximum Gasteiger partial charge on any atom is 0.255 e. The Morgan fingerprint density at radius 3 is 2.57 bits per heavy atom. The van der Waals surface area contributed by atoms with Gasteiger partial charge in [-0.25, -0.2) is 0 Å². The van der Waals surface area contributed by atoms with Crippen molar-refractivity contribution < 1.29 is 14.3 Å². The highest BCUT2D eigenvalue weighted by Gasteiger charge is 2.08. The molecule has 0 aliphatic rings. The van der Waals surface area contributed by atoms with Gasteiger partial charge in [0.15, 0.2) is 0 Å². The van der Waals surface area contributed by atoms with Crippen LogP contribution in [0.1, 0.15) is 22.3 Å². The van der Waals surface area contributed by atoms with E-state index in [1.54, 1.807) is 43.5 Å². The number of methoxy groups -OCH3 is 1. The Bertz CT molecular complexity index is 654. The van der Waals surface area contributed by atoms with Crippen LogP contribution in [0, 0.1) is 6.92 Å². The molecule has 0 fully saturated rings. The Labute approximate surface area is 136 Å². The summed E-state index contributed by atoms with van der Waals surface area (Å²) < 4.78 is 10.5. The van der Waals surface area contributed by atoms with Gasteiger partial charge in [-0.05, 0) is 48.9 Å². The molecule has 5 heteroatoms. The largest absolute Gasteiger partial charge is 0.494 e. The van der Waals surface area contributed by atoms with Gasteiger partial charge in [0.2, 0.25) is 0 Å². The van der Waals surface area contributed by atoms with Crippen LogP contribution in [0.2, 0.25) is 0 Å². The maximum atomic E-state index is 12.3. The zero-order chi connectivity index (χ0) is 16.7. The maximum absolute atomic E-state index is 12.3. The molecule has 0 radical (unpaired) electrons. The summed E-state index contributed by atoms with van der Waals surface area (Å²) in [6.45, 7) is 3.17. The van der Waals surface area contributed by atoms with Crippen LogP contribution in [0.15, 0.2) is 42.5 Å². The minimum absolute atomic E-state index is 0.176. The van der Waals surface area contributed by atoms with E-state index >= 15 is 0 Å². The lowest BCUT2D eigenvalue weighted by Gasteiger charge is -2.10. The summed E-state index contributed by atoms with van der Waals surface area (Å²) in [5.41, 5.74) is 8.62. The Hall–Kier alpha value is -2.53. The molecular weight excluding hydrogens is 292 g/mol. The molecule has 0 aliphatic heterocycles. The molecule has 2 aromatic carbocycles. The van der Waals surface area contributed by atoms with Crippen molar-refractivity contribution in [3.8, 4) is 5.75 Å². The van der Waals surface area contributed by atoms with Crippen molar-refractivity contribution in [2.45, 2.75) is 13.3 Å². The van der Waals surface area contributed by atoms with Gasteiger partial charge in [-0.1, -0.05) is 6.07 Å². The van der Waals surface area contributed by atoms with Gasteiger partial charge in [-0.2, -0.15) is 0 Å². The number of nitrogens with two attached hydrogens (primary N) is 1. The average molecular weight is 314 g/mol. The molecule has 0 saturated carbocycles. The summed E-state index contributed by atoms with van der Waals surface area (Å²) in [6, 6.07) is 12.5. The molecule has 0 spiro atoms. The van der Waals surface area contributed by atoms with E-state index in [-0.39, 0.29) is 5.91 Å². The van der Waals surface area contributed by atoms with Crippen molar-refractivity contribution in [1.29, 1.82) is 0 Å². The molecule has 23 heavy (non-hydrogen) atoms. The van der Waals surface area contributed by atoms with Crippen molar-refractivity contribution >= 4 is 17.3 Å². The van der Waals surface area contributed by atoms with Crippen LogP contribution in [0.25, 0.3) is 0 Å². The summed E-state index contributed by atoms with van der Waals surface area (Å²) in [6.07, 6.45) is 0.827. The lowest BCUT2D eigenvalue weighted by molar-refractivity contribution is 0.102. The van der Waals surface area contributed by atoms with Crippen molar-refractivity contribution in [1.82, 2.24) is 0 Å². The minimum atomic E-state index is -0.176. The number of nitrogens with one attached hydrogen (secondary N) is 1. The minimum Gasteiger partial charge on any atom is -0.494 e. The summed E-state index contributed by atoms with van der Waals surface area (Å²) in [5, 5.41) is 2.87. The van der Waals surface area contributed by atoms with Gasteiger partial charge in [0.25, 0.3) is 5.91 Å². The van der Waals surface area contributed by atoms with Gasteiger partial charge in [0.05, 0.1) is 6.61 Å². The zero-order valence-electron chi connectivity index (χ0n) is 13.5. The number of carbonyl (C=O) groups excluding carboxylic acids is 1. The Kier molecular flexibility index (Phi) is 6.00. The molecule has 0 aromatic heterocycles. The zero-order valence-corrected chi connectivity index (χ0v) is 13.5. The first-order chi connectivity index (χ1) is 11.1. The number of aryl methyl sites for hydroxylation is 1. The lowest BCUT2D eigenvalue weighted by Crippen LogP contribution is -2.13. The number of carbonyl (C=O) groups is 1. The van der Waals surface area contributed by atoms with Gasteiger partial charge in [-0.15, -0.1) is 0 Å². The molecule has 2 rings (SSSR count). The monoisotopic (exact) mass is 314 g/mol. The molecule has 3 N–H and O–H groups in total. The quantitative estimate of drug-likeness (QED) is 0.608. The number of ether oxygens (including phenoxy) is 2. The highest BCUT2D eigenvalue weighted by atomic mass is 16.5. The molecule has 1 amide bonds. The van der Waals surface area contributed by atoms with E-state index in [2.05, 4.69) is 5.32 Å². The standard InChI is InChI=1S/C18H22N2O3/c1-13-4-7-15(19)12-17(13)20-18(21)14-5-8-16(9-6-14)23-11-3-10-22-2/h4-9,12H,3,10-11,19H2,1-2H3,(H,20,21). The highest BCUT2D eigenvalue weighted by Crippen LogP contribution is 2.20. The second-order valence-electron chi connectivity index (χ2n) is 5.25. The highest BCUT2D eigenvalue weighted by molar-refractivity contribution is 6.04. The van der Waals surface area contributed by atoms with E-state index < -0.39 is 0 Å². The smallest absolute Gasteiger partial charge is 0.255 e. The van der Waals surface area contributed by atoms with Gasteiger partial charge >= 0.3 is 0 Å². The molecule has 5 nitrogen and oxygen atoms in total. The van der Waals surface area contributed by atoms with Gasteiger partial charge in [0.1, 0.15) is 5.75 Å². The molecule has 0 unspecified atom stereocenters. The summed E-state index contributed by atoms with van der Waals surface area (Å²) >= 11 is 0. The fourth-order valence-electron chi connectivity index (χ4n) is 2.06. The third-order valence-electron chi connectivity index (χ3n) is 3.39. The Morgan fingerprint density at radius 2 is 1.87 bits per heavy atom. The molecule has 0 bridgehead atoms. The van der Waals surface area contributed by atoms with Crippen LogP contribution in [-0.2, 0) is 4.74 Å². The number of amides is 1. The van der Waals surface area contributed by atoms with Gasteiger partial charge < -0.3 is 20.5 Å². The van der Waals surface area contributed by atoms with Crippen molar-refractivity contribution in [3.05, 3.63) is 53.6 Å². The molecular formula is C18H22N2O3. The Morgan fingerprint density at radius 1 is 1.13 bits per heavy atom. The molecule has 122 valence electrons. The first kappa shape index (κ1) is 16.8. The third kappa shape index (κ3) is 5.00. The molecule has 0 heterocycles. The molecule has 0 saturated heterocycles. The fourth-order valence-corrected chi connectivity index (χ4v) is 2.06. The lowest BCUT2D eigenvalue weighted by atomic mass is 10.1. The van der Waals surface area contributed by atoms with Crippen LogP contribution >= 0.6 is 0 Å². The Balaban J connectivity index is 1.96. The second kappa shape index (κ2) is 8.19. The first-order valence-corrected chi connectivity index (χ1v) is 7.49. The van der Waals surface area contributed by atoms with E-state index in [1.165, 1.54) is 0 Å². The van der Waals surface area contributed by atoms with Crippen molar-refractivity contribution in [2.75, 3.05) is 31.4 Å². The van der Waals surface area contributed by atoms with Crippen molar-refractivity contribution in [3.63, 3.8) is 0 Å². The van der Waals surface area contributed by atoms with Gasteiger partial charge in [-0.3, -0.25) is 4.79 Å². The third-order valence-corrected chi connectivity index (χ3v) is 3.39. The number of hydrogen-bond donors (Lipinski definition) is 2. The van der Waals surface area contributed by atoms with Gasteiger partial charge in [0, 0.05) is 37.1 Å². The van der Waals surface area contributed by atoms with Crippen LogP contribution in [0.4, 0.5) is 11.4 Å². The van der Waals surface area contributed by atoms with E-state index in [1.807, 2.05) is 13.0 Å². The summed E-state index contributed by atoms with van der Waals surface area (Å²) in [5.74, 6) is 0.558. The second-order valence-corrected chi connectivity index (χ2v) is 5.25. The SMILES string of the molecule is COCCCOc1ccc(C(=O)Nc2cc(N)ccc2C)cc1. The molecule has 0 aliphatic carbocycles. The fraction of sp³-hybridized carbons (Fsp3) is 0.278. The molecule has 2 aromatic rings. The number of rotatable bonds is 7. The first-order valence-electron chi connectivity index (χ1n) is 7.49. The van der Waals surface area contributed by atoms with Crippen molar-refractivity contribution in [2.24, 2.45) is 0 Å². The van der Waals surface area contributed by atoms with Crippen LogP contribution in [0.5, 0.6) is 5.75 Å². The van der Waals surface area contributed by atoms with Crippen LogP contribution in [0.3, 0.4) is 0 Å². The van der Waals surface area contributed by atoms with E-state index in [9.17, 15) is 4.79 Å². The summed E-state index contributed by atoms with van der Waals surface area (Å²) in [7, 11) is 1.66. The number of hydrogen-bond acceptors (Lipinski definition) is 4. The predicted octanol–water partition coefficient (Wildman–Crippen LogP) is 3.24. The number of nitrogen functional groups attached to an aromatic ring is 1. The number of anilines is 2. The predicted molar refractivity (Wildman–Crippen MR) is 92.0 cm³/mol. The van der Waals surface area contributed by atoms with E-state index in [0.29, 0.717) is 24.5 Å². The number of benzene rings is 2. The summed E-state index contributed by atoms with van der Waals surface area (Å²) in [4.78, 5) is 12.3. The normalized spacial score (nSPS) is 10.3. The van der Waals surface area contributed by atoms with E-state index in [0.717, 1.165) is 23.4 Å². The van der Waals surface area contributed by atoms with E-state index in [4.69, 9.17) is 15.2 Å². The van der Waals surface area contributed by atoms with Crippen LogP contribution in [-0.4, -0.2) is 26.2 Å². The average Bonchev–Trinajstić information content (AvgIpc) is 2.55. The topological polar surface area (TPSA) is 73.6 Å². The molecule has 0 atom stereocenters.